The lowest BCUT2D eigenvalue weighted by Crippen LogP contribution is -2.40. The highest BCUT2D eigenvalue weighted by Crippen LogP contribution is 2.28. The Morgan fingerprint density at radius 3 is 2.65 bits per heavy atom. The molecule has 0 bridgehead atoms. The number of rotatable bonds is 5. The number of carbonyl (C=O) groups excluding carboxylic acids is 1. The predicted molar refractivity (Wildman–Crippen MR) is 109 cm³/mol. The van der Waals surface area contributed by atoms with Crippen molar-refractivity contribution >= 4 is 42.1 Å². The van der Waals surface area contributed by atoms with Crippen LogP contribution in [0.2, 0.25) is 0 Å². The van der Waals surface area contributed by atoms with Crippen LogP contribution in [0, 0.1) is 11.7 Å². The monoisotopic (exact) mass is 419 g/mol. The molecule has 1 aliphatic rings. The third-order valence-corrected chi connectivity index (χ3v) is 5.42. The lowest BCUT2D eigenvalue weighted by Gasteiger charge is -2.31. The lowest BCUT2D eigenvalue weighted by molar-refractivity contribution is 0.0695. The van der Waals surface area contributed by atoms with Gasteiger partial charge in [-0.05, 0) is 44.0 Å². The number of carbonyl (C=O) groups is 1. The Hall–Kier alpha value is -1.21. The van der Waals surface area contributed by atoms with Crippen molar-refractivity contribution in [2.24, 2.45) is 5.92 Å². The summed E-state index contributed by atoms with van der Waals surface area (Å²) in [5.41, 5.74) is 0.450. The molecule has 26 heavy (non-hydrogen) atoms. The minimum atomic E-state index is -0.310. The Morgan fingerprint density at radius 2 is 2.00 bits per heavy atom. The molecule has 0 spiro atoms. The maximum atomic E-state index is 13.9. The average molecular weight is 420 g/mol. The van der Waals surface area contributed by atoms with Crippen molar-refractivity contribution in [1.82, 2.24) is 15.2 Å². The first-order chi connectivity index (χ1) is 11.7. The summed E-state index contributed by atoms with van der Waals surface area (Å²) < 4.78 is 13.9. The first-order valence-electron chi connectivity index (χ1n) is 8.39. The van der Waals surface area contributed by atoms with Gasteiger partial charge in [-0.2, -0.15) is 0 Å². The third-order valence-electron chi connectivity index (χ3n) is 4.41. The van der Waals surface area contributed by atoms with Crippen LogP contribution in [-0.2, 0) is 0 Å². The quantitative estimate of drug-likeness (QED) is 0.787. The number of hydrogen-bond donors (Lipinski definition) is 1. The van der Waals surface area contributed by atoms with Crippen LogP contribution in [0.3, 0.4) is 0 Å². The summed E-state index contributed by atoms with van der Waals surface area (Å²) >= 11 is 1.26. The Balaban J connectivity index is 0.00000169. The van der Waals surface area contributed by atoms with Gasteiger partial charge in [0.1, 0.15) is 15.7 Å². The van der Waals surface area contributed by atoms with Gasteiger partial charge in [-0.1, -0.05) is 19.1 Å². The maximum Gasteiger partial charge on any atom is 0.265 e. The normalized spacial score (nSPS) is 14.5. The van der Waals surface area contributed by atoms with Crippen molar-refractivity contribution in [2.45, 2.75) is 19.8 Å². The summed E-state index contributed by atoms with van der Waals surface area (Å²) in [4.78, 5) is 19.3. The summed E-state index contributed by atoms with van der Waals surface area (Å²) in [6.07, 6.45) is 3.62. The number of hydrogen-bond acceptors (Lipinski definition) is 4. The van der Waals surface area contributed by atoms with Gasteiger partial charge in [0.25, 0.3) is 5.91 Å². The van der Waals surface area contributed by atoms with Crippen LogP contribution in [0.1, 0.15) is 29.4 Å². The van der Waals surface area contributed by atoms with Gasteiger partial charge in [0, 0.05) is 18.7 Å². The van der Waals surface area contributed by atoms with Gasteiger partial charge in [0.05, 0.1) is 6.20 Å². The van der Waals surface area contributed by atoms with Crippen LogP contribution < -0.4 is 5.32 Å². The average Bonchev–Trinajstić information content (AvgIpc) is 3.10. The van der Waals surface area contributed by atoms with E-state index in [-0.39, 0.29) is 36.5 Å². The Labute approximate surface area is 170 Å². The molecule has 1 fully saturated rings. The zero-order valence-corrected chi connectivity index (χ0v) is 17.1. The highest BCUT2D eigenvalue weighted by atomic mass is 35.5. The highest BCUT2D eigenvalue weighted by molar-refractivity contribution is 7.16. The second kappa shape index (κ2) is 10.8. The molecule has 2 aromatic rings. The Bertz CT molecular complexity index is 705. The topological polar surface area (TPSA) is 45.2 Å². The molecule has 144 valence electrons. The van der Waals surface area contributed by atoms with Crippen LogP contribution in [0.5, 0.6) is 0 Å². The van der Waals surface area contributed by atoms with Crippen molar-refractivity contribution in [3.05, 3.63) is 41.2 Å². The van der Waals surface area contributed by atoms with E-state index in [0.717, 1.165) is 39.0 Å². The number of likely N-dealkylation sites (tertiary alicyclic amines) is 1. The van der Waals surface area contributed by atoms with E-state index >= 15 is 0 Å². The third kappa shape index (κ3) is 5.39. The number of amides is 1. The zero-order valence-electron chi connectivity index (χ0n) is 14.6. The summed E-state index contributed by atoms with van der Waals surface area (Å²) in [6.45, 7) is 5.68. The molecule has 1 aliphatic heterocycles. The molecular weight excluding hydrogens is 396 g/mol. The highest BCUT2D eigenvalue weighted by Gasteiger charge is 2.25. The van der Waals surface area contributed by atoms with Crippen LogP contribution in [0.25, 0.3) is 10.6 Å². The van der Waals surface area contributed by atoms with Crippen LogP contribution >= 0.6 is 36.2 Å². The SMILES string of the molecule is CCNCC1CCN(C(=O)c2cnc(-c3ccccc3F)s2)CC1.Cl.Cl. The molecule has 0 aliphatic carbocycles. The summed E-state index contributed by atoms with van der Waals surface area (Å²) in [6, 6.07) is 6.52. The zero-order chi connectivity index (χ0) is 16.9. The molecule has 0 saturated carbocycles. The van der Waals surface area contributed by atoms with E-state index in [9.17, 15) is 9.18 Å². The van der Waals surface area contributed by atoms with E-state index in [4.69, 9.17) is 0 Å². The van der Waals surface area contributed by atoms with Gasteiger partial charge in [-0.15, -0.1) is 36.2 Å². The second-order valence-electron chi connectivity index (χ2n) is 6.05. The number of benzene rings is 1. The Morgan fingerprint density at radius 1 is 1.31 bits per heavy atom. The molecule has 4 nitrogen and oxygen atoms in total. The van der Waals surface area contributed by atoms with Gasteiger partial charge in [0.15, 0.2) is 0 Å². The van der Waals surface area contributed by atoms with Crippen LogP contribution in [-0.4, -0.2) is 42.0 Å². The number of nitrogens with one attached hydrogen (secondary N) is 1. The van der Waals surface area contributed by atoms with Crippen LogP contribution in [0.15, 0.2) is 30.5 Å². The summed E-state index contributed by atoms with van der Waals surface area (Å²) in [5, 5.41) is 3.93. The van der Waals surface area contributed by atoms with E-state index in [2.05, 4.69) is 17.2 Å². The van der Waals surface area contributed by atoms with Crippen molar-refractivity contribution in [1.29, 1.82) is 0 Å². The second-order valence-corrected chi connectivity index (χ2v) is 7.08. The fourth-order valence-electron chi connectivity index (χ4n) is 2.98. The fourth-order valence-corrected chi connectivity index (χ4v) is 3.89. The molecule has 1 N–H and O–H groups in total. The molecule has 2 heterocycles. The largest absolute Gasteiger partial charge is 0.338 e. The first-order valence-corrected chi connectivity index (χ1v) is 9.21. The maximum absolute atomic E-state index is 13.9. The fraction of sp³-hybridized carbons (Fsp3) is 0.444. The van der Waals surface area contributed by atoms with Crippen molar-refractivity contribution in [3.8, 4) is 10.6 Å². The Kier molecular flexibility index (Phi) is 9.50. The lowest BCUT2D eigenvalue weighted by atomic mass is 9.96. The number of piperidine rings is 1. The summed E-state index contributed by atoms with van der Waals surface area (Å²) in [5.74, 6) is 0.344. The molecule has 0 atom stereocenters. The van der Waals surface area contributed by atoms with Gasteiger partial charge in [-0.3, -0.25) is 4.79 Å². The van der Waals surface area contributed by atoms with Crippen LogP contribution in [0.4, 0.5) is 4.39 Å². The smallest absolute Gasteiger partial charge is 0.265 e. The van der Waals surface area contributed by atoms with Crippen molar-refractivity contribution in [3.63, 3.8) is 0 Å². The van der Waals surface area contributed by atoms with Gasteiger partial charge >= 0.3 is 0 Å². The first kappa shape index (κ1) is 22.8. The standard InChI is InChI=1S/C18H22FN3OS.2ClH/c1-2-20-11-13-7-9-22(10-8-13)18(23)16-12-21-17(24-16)14-5-3-4-6-15(14)19;;/h3-6,12-13,20H,2,7-11H2,1H3;2*1H. The number of aromatic nitrogens is 1. The molecule has 1 aromatic carbocycles. The molecule has 1 saturated heterocycles. The molecule has 8 heteroatoms. The van der Waals surface area contributed by atoms with E-state index in [1.165, 1.54) is 17.4 Å². The van der Waals surface area contributed by atoms with E-state index in [1.807, 2.05) is 4.90 Å². The van der Waals surface area contributed by atoms with Crippen molar-refractivity contribution < 1.29 is 9.18 Å². The van der Waals surface area contributed by atoms with Gasteiger partial charge in [0.2, 0.25) is 0 Å². The van der Waals surface area contributed by atoms with E-state index in [1.54, 1.807) is 24.4 Å². The molecule has 1 aromatic heterocycles. The van der Waals surface area contributed by atoms with Gasteiger partial charge in [-0.25, -0.2) is 9.37 Å². The molecule has 1 amide bonds. The molecule has 0 unspecified atom stereocenters. The van der Waals surface area contributed by atoms with Crippen molar-refractivity contribution in [2.75, 3.05) is 26.2 Å². The minimum Gasteiger partial charge on any atom is -0.338 e. The molecule has 0 radical (unpaired) electrons. The molecular formula is C18H24Cl2FN3OS. The number of nitrogens with zero attached hydrogens (tertiary/aromatic N) is 2. The number of thiazole rings is 1. The predicted octanol–water partition coefficient (Wildman–Crippen LogP) is 4.25. The van der Waals surface area contributed by atoms with E-state index < -0.39 is 0 Å². The summed E-state index contributed by atoms with van der Waals surface area (Å²) in [7, 11) is 0. The molecule has 3 rings (SSSR count). The minimum absolute atomic E-state index is 0. The number of halogens is 3. The van der Waals surface area contributed by atoms with Gasteiger partial charge < -0.3 is 10.2 Å². The van der Waals surface area contributed by atoms with E-state index in [0.29, 0.717) is 21.4 Å².